The van der Waals surface area contributed by atoms with Crippen LogP contribution in [0.25, 0.3) is 60.1 Å². The summed E-state index contributed by atoms with van der Waals surface area (Å²) >= 11 is 0. The number of rotatable bonds is 1. The summed E-state index contributed by atoms with van der Waals surface area (Å²) < 4.78 is 2.38. The Morgan fingerprint density at radius 1 is 0.536 bits per heavy atom. The summed E-state index contributed by atoms with van der Waals surface area (Å²) in [5, 5.41) is 7.94. The summed E-state index contributed by atoms with van der Waals surface area (Å²) in [5.41, 5.74) is 6.10. The van der Waals surface area contributed by atoms with Crippen LogP contribution in [0.4, 0.5) is 0 Å². The van der Waals surface area contributed by atoms with Gasteiger partial charge in [-0.3, -0.25) is 0 Å². The molecule has 5 aromatic carbocycles. The smallest absolute Gasteiger partial charge is 0.0568 e. The van der Waals surface area contributed by atoms with Gasteiger partial charge in [0.15, 0.2) is 0 Å². The number of aromatic amines is 1. The number of nitrogens with zero attached hydrogens (tertiary/aromatic N) is 1. The van der Waals surface area contributed by atoms with E-state index in [-0.39, 0.29) is 0 Å². The average Bonchev–Trinajstić information content (AvgIpc) is 3.28. The van der Waals surface area contributed by atoms with Gasteiger partial charge >= 0.3 is 0 Å². The van der Waals surface area contributed by atoms with Gasteiger partial charge in [-0.1, -0.05) is 60.7 Å². The van der Waals surface area contributed by atoms with Crippen LogP contribution in [0.15, 0.2) is 91.0 Å². The van der Waals surface area contributed by atoms with Crippen molar-refractivity contribution in [2.45, 2.75) is 0 Å². The van der Waals surface area contributed by atoms with E-state index in [0.717, 1.165) is 0 Å². The molecule has 2 nitrogen and oxygen atoms in total. The van der Waals surface area contributed by atoms with Crippen LogP contribution < -0.4 is 0 Å². The predicted octanol–water partition coefficient (Wildman–Crippen LogP) is 7.01. The molecule has 0 atom stereocenters. The van der Waals surface area contributed by atoms with Gasteiger partial charge in [0.05, 0.1) is 11.0 Å². The number of benzene rings is 5. The number of H-pyrrole nitrogens is 1. The largest absolute Gasteiger partial charge is 0.354 e. The van der Waals surface area contributed by atoms with Crippen LogP contribution in [0.1, 0.15) is 0 Å². The van der Waals surface area contributed by atoms with Gasteiger partial charge in [-0.25, -0.2) is 0 Å². The van der Waals surface area contributed by atoms with Crippen LogP contribution in [0.5, 0.6) is 0 Å². The predicted molar refractivity (Wildman–Crippen MR) is 119 cm³/mol. The minimum absolute atomic E-state index is 1.19. The fourth-order valence-corrected chi connectivity index (χ4v) is 4.96. The maximum Gasteiger partial charge on any atom is 0.0568 e. The lowest BCUT2D eigenvalue weighted by atomic mass is 9.98. The number of hydrogen-bond acceptors (Lipinski definition) is 0. The van der Waals surface area contributed by atoms with Gasteiger partial charge in [0.2, 0.25) is 0 Å². The van der Waals surface area contributed by atoms with E-state index < -0.39 is 0 Å². The first-order valence-electron chi connectivity index (χ1n) is 9.64. The molecule has 7 rings (SSSR count). The maximum absolute atomic E-state index is 3.66. The highest BCUT2D eigenvalue weighted by molar-refractivity contribution is 6.33. The third-order valence-electron chi connectivity index (χ3n) is 6.06. The van der Waals surface area contributed by atoms with Gasteiger partial charge in [-0.05, 0) is 41.1 Å². The van der Waals surface area contributed by atoms with Crippen LogP contribution in [0.3, 0.4) is 0 Å². The highest BCUT2D eigenvalue weighted by Crippen LogP contribution is 2.42. The van der Waals surface area contributed by atoms with Crippen molar-refractivity contribution in [3.05, 3.63) is 91.0 Å². The molecule has 0 bridgehead atoms. The van der Waals surface area contributed by atoms with E-state index in [1.165, 1.54) is 60.1 Å². The Labute approximate surface area is 161 Å². The normalized spacial score (nSPS) is 12.3. The summed E-state index contributed by atoms with van der Waals surface area (Å²) in [6.07, 6.45) is 0. The van der Waals surface area contributed by atoms with Crippen LogP contribution in [0, 0.1) is 0 Å². The first-order chi connectivity index (χ1) is 13.9. The molecule has 0 aliphatic heterocycles. The van der Waals surface area contributed by atoms with Gasteiger partial charge < -0.3 is 9.55 Å². The zero-order valence-corrected chi connectivity index (χ0v) is 15.1. The Morgan fingerprint density at radius 2 is 1.39 bits per heavy atom. The van der Waals surface area contributed by atoms with E-state index in [1.807, 2.05) is 0 Å². The van der Waals surface area contributed by atoms with Crippen molar-refractivity contribution in [1.29, 1.82) is 0 Å². The highest BCUT2D eigenvalue weighted by Gasteiger charge is 2.19. The third kappa shape index (κ3) is 1.64. The molecule has 0 aliphatic carbocycles. The topological polar surface area (TPSA) is 20.7 Å². The van der Waals surface area contributed by atoms with Gasteiger partial charge in [0, 0.05) is 38.3 Å². The van der Waals surface area contributed by atoms with Gasteiger partial charge in [-0.2, -0.15) is 0 Å². The summed E-state index contributed by atoms with van der Waals surface area (Å²) in [4.78, 5) is 3.66. The minimum Gasteiger partial charge on any atom is -0.354 e. The van der Waals surface area contributed by atoms with Crippen molar-refractivity contribution < 1.29 is 0 Å². The number of fused-ring (bicyclic) bond motifs is 4. The van der Waals surface area contributed by atoms with Crippen molar-refractivity contribution in [1.82, 2.24) is 9.55 Å². The molecule has 0 amide bonds. The summed E-state index contributed by atoms with van der Waals surface area (Å²) in [5.74, 6) is 0. The molecule has 0 radical (unpaired) electrons. The standard InChI is InChI=1S/C26H16N2/c1-2-8-17(9-3-1)28-22-12-5-4-10-18(22)25-19-14-13-16-7-6-11-20-24(16)26(19)21(27-20)15-23(25)28/h1-15,27H. The number of para-hydroxylation sites is 2. The second-order valence-corrected chi connectivity index (χ2v) is 7.52. The SMILES string of the molecule is c1ccc(-n2c3ccccc3c3c4ccc5cccc6[nH]c(cc32)c4c56)cc1. The van der Waals surface area contributed by atoms with Crippen molar-refractivity contribution in [3.8, 4) is 5.69 Å². The third-order valence-corrected chi connectivity index (χ3v) is 6.06. The van der Waals surface area contributed by atoms with E-state index in [1.54, 1.807) is 0 Å². The molecule has 0 spiro atoms. The Bertz CT molecular complexity index is 1650. The summed E-state index contributed by atoms with van der Waals surface area (Å²) in [6.45, 7) is 0. The summed E-state index contributed by atoms with van der Waals surface area (Å²) in [6, 6.07) is 32.8. The molecule has 28 heavy (non-hydrogen) atoms. The molecule has 0 saturated heterocycles. The van der Waals surface area contributed by atoms with Crippen molar-refractivity contribution >= 4 is 54.4 Å². The molecule has 0 fully saturated rings. The minimum atomic E-state index is 1.19. The number of hydrogen-bond donors (Lipinski definition) is 1. The van der Waals surface area contributed by atoms with Gasteiger partial charge in [-0.15, -0.1) is 0 Å². The lowest BCUT2D eigenvalue weighted by Crippen LogP contribution is -1.93. The second-order valence-electron chi connectivity index (χ2n) is 7.52. The first kappa shape index (κ1) is 14.3. The van der Waals surface area contributed by atoms with E-state index in [2.05, 4.69) is 101 Å². The molecule has 0 saturated carbocycles. The number of nitrogens with one attached hydrogen (secondary N) is 1. The first-order valence-corrected chi connectivity index (χ1v) is 9.64. The molecule has 7 aromatic rings. The van der Waals surface area contributed by atoms with Crippen LogP contribution in [0.2, 0.25) is 0 Å². The molecule has 2 heterocycles. The molecular weight excluding hydrogens is 340 g/mol. The second kappa shape index (κ2) is 4.93. The van der Waals surface area contributed by atoms with E-state index in [0.29, 0.717) is 0 Å². The van der Waals surface area contributed by atoms with Crippen molar-refractivity contribution in [3.63, 3.8) is 0 Å². The Hall–Kier alpha value is -3.78. The molecule has 1 N–H and O–H groups in total. The zero-order valence-electron chi connectivity index (χ0n) is 15.1. The fourth-order valence-electron chi connectivity index (χ4n) is 4.96. The van der Waals surface area contributed by atoms with Crippen LogP contribution in [-0.4, -0.2) is 9.55 Å². The Balaban J connectivity index is 1.81. The molecule has 0 unspecified atom stereocenters. The molecule has 130 valence electrons. The monoisotopic (exact) mass is 356 g/mol. The van der Waals surface area contributed by atoms with Crippen LogP contribution in [-0.2, 0) is 0 Å². The van der Waals surface area contributed by atoms with E-state index in [9.17, 15) is 0 Å². The Kier molecular flexibility index (Phi) is 2.52. The fraction of sp³-hybridized carbons (Fsp3) is 0. The Morgan fingerprint density at radius 3 is 2.32 bits per heavy atom. The highest BCUT2D eigenvalue weighted by atomic mass is 15.0. The van der Waals surface area contributed by atoms with Gasteiger partial charge in [0.25, 0.3) is 0 Å². The lowest BCUT2D eigenvalue weighted by molar-refractivity contribution is 1.18. The van der Waals surface area contributed by atoms with Crippen molar-refractivity contribution in [2.24, 2.45) is 0 Å². The van der Waals surface area contributed by atoms with Gasteiger partial charge in [0.1, 0.15) is 0 Å². The van der Waals surface area contributed by atoms with E-state index >= 15 is 0 Å². The average molecular weight is 356 g/mol. The maximum atomic E-state index is 3.66. The zero-order chi connectivity index (χ0) is 18.2. The quantitative estimate of drug-likeness (QED) is 0.305. The lowest BCUT2D eigenvalue weighted by Gasteiger charge is -2.08. The molecular formula is C26H16N2. The summed E-state index contributed by atoms with van der Waals surface area (Å²) in [7, 11) is 0. The molecule has 2 heteroatoms. The van der Waals surface area contributed by atoms with Crippen molar-refractivity contribution in [2.75, 3.05) is 0 Å². The number of aromatic nitrogens is 2. The van der Waals surface area contributed by atoms with E-state index in [4.69, 9.17) is 0 Å². The molecule has 0 aliphatic rings. The van der Waals surface area contributed by atoms with Crippen LogP contribution >= 0.6 is 0 Å². The molecule has 2 aromatic heterocycles.